The van der Waals surface area contributed by atoms with Crippen LogP contribution in [-0.4, -0.2) is 40.7 Å². The first kappa shape index (κ1) is 17.7. The molecule has 0 bridgehead atoms. The summed E-state index contributed by atoms with van der Waals surface area (Å²) in [7, 11) is 0. The summed E-state index contributed by atoms with van der Waals surface area (Å²) in [5.41, 5.74) is 0.908. The third kappa shape index (κ3) is 4.16. The quantitative estimate of drug-likeness (QED) is 0.667. The van der Waals surface area contributed by atoms with E-state index in [1.54, 1.807) is 28.4 Å². The molecule has 3 heterocycles. The number of piperidine rings is 1. The van der Waals surface area contributed by atoms with Crippen molar-refractivity contribution in [3.63, 3.8) is 0 Å². The predicted molar refractivity (Wildman–Crippen MR) is 98.1 cm³/mol. The first-order valence-corrected chi connectivity index (χ1v) is 9.65. The molecule has 2 aromatic heterocycles. The number of hydrogen-bond donors (Lipinski definition) is 0. The van der Waals surface area contributed by atoms with Crippen LogP contribution < -0.4 is 4.74 Å². The molecular weight excluding hydrogens is 369 g/mol. The molecule has 1 saturated heterocycles. The topological polar surface area (TPSA) is 68.5 Å². The number of likely N-dealkylation sites (tertiary alicyclic amines) is 1. The lowest BCUT2D eigenvalue weighted by Gasteiger charge is -2.31. The number of nitrogens with zero attached hydrogens (tertiary/aromatic N) is 3. The number of benzene rings is 1. The van der Waals surface area contributed by atoms with E-state index in [4.69, 9.17) is 9.15 Å². The van der Waals surface area contributed by atoms with Gasteiger partial charge < -0.3 is 14.1 Å². The molecule has 0 spiro atoms. The Morgan fingerprint density at radius 2 is 2.30 bits per heavy atom. The van der Waals surface area contributed by atoms with Crippen LogP contribution in [0, 0.1) is 5.82 Å². The fourth-order valence-corrected chi connectivity index (χ4v) is 3.73. The minimum Gasteiger partial charge on any atom is -0.484 e. The highest BCUT2D eigenvalue weighted by molar-refractivity contribution is 7.08. The van der Waals surface area contributed by atoms with E-state index >= 15 is 0 Å². The molecule has 1 amide bonds. The first-order chi connectivity index (χ1) is 13.2. The van der Waals surface area contributed by atoms with Gasteiger partial charge in [-0.1, -0.05) is 6.07 Å². The van der Waals surface area contributed by atoms with E-state index in [0.29, 0.717) is 30.6 Å². The summed E-state index contributed by atoms with van der Waals surface area (Å²) in [5, 5.41) is 12.2. The minimum atomic E-state index is -0.393. The summed E-state index contributed by atoms with van der Waals surface area (Å²) in [6.45, 7) is 1.05. The number of amides is 1. The van der Waals surface area contributed by atoms with Crippen molar-refractivity contribution in [2.75, 3.05) is 19.7 Å². The van der Waals surface area contributed by atoms with Gasteiger partial charge in [-0.05, 0) is 36.4 Å². The van der Waals surface area contributed by atoms with Crippen molar-refractivity contribution in [1.29, 1.82) is 0 Å². The number of carbonyl (C=O) groups is 1. The van der Waals surface area contributed by atoms with E-state index in [0.717, 1.165) is 18.4 Å². The van der Waals surface area contributed by atoms with Crippen LogP contribution in [0.2, 0.25) is 0 Å². The fraction of sp³-hybridized carbons (Fsp3) is 0.316. The van der Waals surface area contributed by atoms with Crippen LogP contribution in [0.4, 0.5) is 4.39 Å². The van der Waals surface area contributed by atoms with Crippen molar-refractivity contribution in [2.45, 2.75) is 18.8 Å². The zero-order valence-electron chi connectivity index (χ0n) is 14.5. The lowest BCUT2D eigenvalue weighted by molar-refractivity contribution is -0.134. The standard InChI is InChI=1S/C19H18FN3O3S/c20-15-4-1-5-16(9-15)25-11-17(24)23-7-2-3-13(10-23)18-21-22-19(26-18)14-6-8-27-12-14/h1,4-6,8-9,12-13H,2-3,7,10-11H2/t13-/m1/s1. The van der Waals surface area contributed by atoms with Gasteiger partial charge in [0.05, 0.1) is 5.92 Å². The largest absolute Gasteiger partial charge is 0.484 e. The van der Waals surface area contributed by atoms with Gasteiger partial charge in [0, 0.05) is 30.1 Å². The van der Waals surface area contributed by atoms with Crippen molar-refractivity contribution in [3.05, 3.63) is 52.8 Å². The molecule has 0 N–H and O–H groups in total. The Morgan fingerprint density at radius 1 is 1.37 bits per heavy atom. The van der Waals surface area contributed by atoms with E-state index in [2.05, 4.69) is 10.2 Å². The summed E-state index contributed by atoms with van der Waals surface area (Å²) in [6, 6.07) is 7.70. The average Bonchev–Trinajstić information content (AvgIpc) is 3.38. The Balaban J connectivity index is 1.37. The molecule has 140 valence electrons. The van der Waals surface area contributed by atoms with Gasteiger partial charge in [0.1, 0.15) is 11.6 Å². The van der Waals surface area contributed by atoms with Crippen LogP contribution in [0.5, 0.6) is 5.75 Å². The number of halogens is 1. The fourth-order valence-electron chi connectivity index (χ4n) is 3.10. The number of carbonyl (C=O) groups excluding carboxylic acids is 1. The smallest absolute Gasteiger partial charge is 0.260 e. The van der Waals surface area contributed by atoms with E-state index in [9.17, 15) is 9.18 Å². The van der Waals surface area contributed by atoms with E-state index in [1.165, 1.54) is 12.1 Å². The summed E-state index contributed by atoms with van der Waals surface area (Å²) < 4.78 is 24.4. The van der Waals surface area contributed by atoms with Crippen LogP contribution in [0.15, 0.2) is 45.5 Å². The van der Waals surface area contributed by atoms with Crippen LogP contribution >= 0.6 is 11.3 Å². The lowest BCUT2D eigenvalue weighted by atomic mass is 9.98. The molecular formula is C19H18FN3O3S. The van der Waals surface area contributed by atoms with E-state index in [-0.39, 0.29) is 18.4 Å². The van der Waals surface area contributed by atoms with Gasteiger partial charge in [0.15, 0.2) is 6.61 Å². The van der Waals surface area contributed by atoms with Crippen LogP contribution in [0.25, 0.3) is 11.5 Å². The average molecular weight is 387 g/mol. The van der Waals surface area contributed by atoms with Gasteiger partial charge in [0.2, 0.25) is 11.8 Å². The Labute approximate surface area is 159 Å². The molecule has 0 saturated carbocycles. The number of rotatable bonds is 5. The first-order valence-electron chi connectivity index (χ1n) is 8.71. The van der Waals surface area contributed by atoms with Crippen molar-refractivity contribution >= 4 is 17.2 Å². The third-order valence-corrected chi connectivity index (χ3v) is 5.17. The normalized spacial score (nSPS) is 17.1. The maximum Gasteiger partial charge on any atom is 0.260 e. The molecule has 4 rings (SSSR count). The van der Waals surface area contributed by atoms with Crippen molar-refractivity contribution in [2.24, 2.45) is 0 Å². The summed E-state index contributed by atoms with van der Waals surface area (Å²) >= 11 is 1.57. The van der Waals surface area contributed by atoms with Crippen LogP contribution in [0.3, 0.4) is 0 Å². The van der Waals surface area contributed by atoms with Crippen molar-refractivity contribution in [1.82, 2.24) is 15.1 Å². The van der Waals surface area contributed by atoms with E-state index in [1.807, 2.05) is 16.8 Å². The second-order valence-electron chi connectivity index (χ2n) is 6.38. The van der Waals surface area contributed by atoms with Gasteiger partial charge in [0.25, 0.3) is 5.91 Å². The number of ether oxygens (including phenoxy) is 1. The second kappa shape index (κ2) is 7.87. The SMILES string of the molecule is O=C(COc1cccc(F)c1)N1CCC[C@@H](c2nnc(-c3ccsc3)o2)C1. The summed E-state index contributed by atoms with van der Waals surface area (Å²) in [4.78, 5) is 14.2. The maximum absolute atomic E-state index is 13.2. The molecule has 1 aliphatic rings. The second-order valence-corrected chi connectivity index (χ2v) is 7.16. The monoisotopic (exact) mass is 387 g/mol. The molecule has 1 fully saturated rings. The molecule has 0 radical (unpaired) electrons. The molecule has 0 aliphatic carbocycles. The molecule has 3 aromatic rings. The van der Waals surface area contributed by atoms with Crippen LogP contribution in [-0.2, 0) is 4.79 Å². The molecule has 1 aliphatic heterocycles. The zero-order valence-corrected chi connectivity index (χ0v) is 15.3. The predicted octanol–water partition coefficient (Wildman–Crippen LogP) is 3.72. The number of thiophene rings is 1. The Kier molecular flexibility index (Phi) is 5.15. The van der Waals surface area contributed by atoms with Gasteiger partial charge in [-0.25, -0.2) is 4.39 Å². The minimum absolute atomic E-state index is 0.0109. The number of aromatic nitrogens is 2. The molecule has 8 heteroatoms. The summed E-state index contributed by atoms with van der Waals surface area (Å²) in [6.07, 6.45) is 1.74. The highest BCUT2D eigenvalue weighted by atomic mass is 32.1. The molecule has 6 nitrogen and oxygen atoms in total. The molecule has 27 heavy (non-hydrogen) atoms. The number of hydrogen-bond acceptors (Lipinski definition) is 6. The van der Waals surface area contributed by atoms with Gasteiger partial charge >= 0.3 is 0 Å². The van der Waals surface area contributed by atoms with Gasteiger partial charge in [-0.15, -0.1) is 10.2 Å². The Bertz CT molecular complexity index is 913. The van der Waals surface area contributed by atoms with Crippen LogP contribution in [0.1, 0.15) is 24.7 Å². The molecule has 0 unspecified atom stereocenters. The van der Waals surface area contributed by atoms with E-state index < -0.39 is 5.82 Å². The Hall–Kier alpha value is -2.74. The maximum atomic E-state index is 13.2. The lowest BCUT2D eigenvalue weighted by Crippen LogP contribution is -2.41. The van der Waals surface area contributed by atoms with Gasteiger partial charge in [-0.2, -0.15) is 11.3 Å². The van der Waals surface area contributed by atoms with Crippen molar-refractivity contribution in [3.8, 4) is 17.2 Å². The third-order valence-electron chi connectivity index (χ3n) is 4.49. The van der Waals surface area contributed by atoms with Crippen molar-refractivity contribution < 1.29 is 18.3 Å². The molecule has 1 atom stereocenters. The highest BCUT2D eigenvalue weighted by Crippen LogP contribution is 2.29. The van der Waals surface area contributed by atoms with Gasteiger partial charge in [-0.3, -0.25) is 4.79 Å². The summed E-state index contributed by atoms with van der Waals surface area (Å²) in [5.74, 6) is 0.882. The Morgan fingerprint density at radius 3 is 3.11 bits per heavy atom. The molecule has 1 aromatic carbocycles. The highest BCUT2D eigenvalue weighted by Gasteiger charge is 2.28. The zero-order chi connectivity index (χ0) is 18.6.